The summed E-state index contributed by atoms with van der Waals surface area (Å²) in [5.74, 6) is 0.175. The number of hydrogen-bond acceptors (Lipinski definition) is 5. The van der Waals surface area contributed by atoms with E-state index in [2.05, 4.69) is 31.2 Å². The molecule has 0 fully saturated rings. The summed E-state index contributed by atoms with van der Waals surface area (Å²) < 4.78 is 6.61. The third-order valence-corrected chi connectivity index (χ3v) is 5.37. The SMILES string of the molecule is CCc1cc2c(=O)n(NC(=O)COc3ccc(C(C)(C)C)cc3)cnc2s1. The maximum atomic E-state index is 12.5. The third kappa shape index (κ3) is 4.36. The fourth-order valence-corrected chi connectivity index (χ4v) is 3.52. The highest BCUT2D eigenvalue weighted by molar-refractivity contribution is 7.18. The van der Waals surface area contributed by atoms with Gasteiger partial charge in [0.15, 0.2) is 6.61 Å². The number of fused-ring (bicyclic) bond motifs is 1. The van der Waals surface area contributed by atoms with Gasteiger partial charge >= 0.3 is 0 Å². The molecule has 0 bridgehead atoms. The van der Waals surface area contributed by atoms with Gasteiger partial charge in [-0.2, -0.15) is 0 Å². The van der Waals surface area contributed by atoms with Gasteiger partial charge in [0.1, 0.15) is 16.9 Å². The first-order chi connectivity index (χ1) is 12.8. The van der Waals surface area contributed by atoms with Crippen molar-refractivity contribution in [2.45, 2.75) is 39.5 Å². The Balaban J connectivity index is 1.65. The van der Waals surface area contributed by atoms with E-state index in [0.29, 0.717) is 16.0 Å². The Bertz CT molecular complexity index is 1010. The molecule has 0 atom stereocenters. The third-order valence-electron chi connectivity index (χ3n) is 4.19. The molecule has 3 rings (SSSR count). The summed E-state index contributed by atoms with van der Waals surface area (Å²) in [6, 6.07) is 9.47. The molecule has 0 saturated carbocycles. The highest BCUT2D eigenvalue weighted by atomic mass is 32.1. The molecule has 1 N–H and O–H groups in total. The summed E-state index contributed by atoms with van der Waals surface area (Å²) in [6.45, 7) is 8.24. The number of nitrogens with one attached hydrogen (secondary N) is 1. The van der Waals surface area contributed by atoms with E-state index in [1.807, 2.05) is 37.3 Å². The van der Waals surface area contributed by atoms with Crippen molar-refractivity contribution >= 4 is 27.5 Å². The van der Waals surface area contributed by atoms with Crippen molar-refractivity contribution in [3.8, 4) is 5.75 Å². The number of thiophene rings is 1. The number of aryl methyl sites for hydroxylation is 1. The number of ether oxygens (including phenoxy) is 1. The highest BCUT2D eigenvalue weighted by Gasteiger charge is 2.14. The van der Waals surface area contributed by atoms with Crippen LogP contribution in [0.15, 0.2) is 41.5 Å². The molecule has 0 unspecified atom stereocenters. The zero-order chi connectivity index (χ0) is 19.6. The number of carbonyl (C=O) groups excluding carboxylic acids is 1. The molecular weight excluding hydrogens is 362 g/mol. The van der Waals surface area contributed by atoms with Crippen molar-refractivity contribution in [2.24, 2.45) is 0 Å². The van der Waals surface area contributed by atoms with Crippen molar-refractivity contribution < 1.29 is 9.53 Å². The molecule has 6 nitrogen and oxygen atoms in total. The molecule has 2 aromatic heterocycles. The topological polar surface area (TPSA) is 73.2 Å². The summed E-state index contributed by atoms with van der Waals surface area (Å²) in [7, 11) is 0. The first kappa shape index (κ1) is 19.1. The number of carbonyl (C=O) groups is 1. The van der Waals surface area contributed by atoms with Crippen LogP contribution in [0.5, 0.6) is 5.75 Å². The Kier molecular flexibility index (Phi) is 5.32. The van der Waals surface area contributed by atoms with E-state index in [0.717, 1.165) is 16.0 Å². The maximum absolute atomic E-state index is 12.5. The van der Waals surface area contributed by atoms with Gasteiger partial charge in [0.05, 0.1) is 5.39 Å². The van der Waals surface area contributed by atoms with Crippen molar-refractivity contribution in [3.05, 3.63) is 57.5 Å². The predicted molar refractivity (Wildman–Crippen MR) is 108 cm³/mol. The molecular formula is C20H23N3O3S. The standard InChI is InChI=1S/C20H23N3O3S/c1-5-15-10-16-18(27-15)21-12-23(19(16)25)22-17(24)11-26-14-8-6-13(7-9-14)20(2,3)4/h6-10,12H,5,11H2,1-4H3,(H,22,24). The van der Waals surface area contributed by atoms with E-state index in [1.165, 1.54) is 23.2 Å². The Morgan fingerprint density at radius 2 is 1.96 bits per heavy atom. The van der Waals surface area contributed by atoms with Crippen molar-refractivity contribution in [3.63, 3.8) is 0 Å². The molecule has 7 heteroatoms. The van der Waals surface area contributed by atoms with Crippen LogP contribution in [0, 0.1) is 0 Å². The first-order valence-corrected chi connectivity index (χ1v) is 9.63. The molecule has 27 heavy (non-hydrogen) atoms. The molecule has 2 heterocycles. The van der Waals surface area contributed by atoms with Crippen LogP contribution in [0.25, 0.3) is 10.2 Å². The number of rotatable bonds is 5. The first-order valence-electron chi connectivity index (χ1n) is 8.81. The molecule has 0 radical (unpaired) electrons. The van der Waals surface area contributed by atoms with Gasteiger partial charge < -0.3 is 4.74 Å². The van der Waals surface area contributed by atoms with E-state index in [1.54, 1.807) is 0 Å². The Morgan fingerprint density at radius 3 is 2.59 bits per heavy atom. The van der Waals surface area contributed by atoms with Gasteiger partial charge in [-0.25, -0.2) is 9.66 Å². The van der Waals surface area contributed by atoms with Crippen LogP contribution >= 0.6 is 11.3 Å². The second-order valence-electron chi connectivity index (χ2n) is 7.30. The summed E-state index contributed by atoms with van der Waals surface area (Å²) in [4.78, 5) is 30.6. The molecule has 1 aromatic carbocycles. The molecule has 3 aromatic rings. The van der Waals surface area contributed by atoms with E-state index in [-0.39, 0.29) is 17.6 Å². The lowest BCUT2D eigenvalue weighted by Crippen LogP contribution is -2.35. The molecule has 1 amide bonds. The lowest BCUT2D eigenvalue weighted by atomic mass is 9.87. The molecule has 0 aliphatic rings. The lowest BCUT2D eigenvalue weighted by Gasteiger charge is -2.19. The second kappa shape index (κ2) is 7.52. The van der Waals surface area contributed by atoms with Crippen LogP contribution in [0.3, 0.4) is 0 Å². The van der Waals surface area contributed by atoms with E-state index >= 15 is 0 Å². The summed E-state index contributed by atoms with van der Waals surface area (Å²) in [5.41, 5.74) is 3.47. The van der Waals surface area contributed by atoms with Crippen molar-refractivity contribution in [1.82, 2.24) is 9.66 Å². The Labute approximate surface area is 161 Å². The minimum atomic E-state index is -0.427. The summed E-state index contributed by atoms with van der Waals surface area (Å²) in [6.07, 6.45) is 2.17. The largest absolute Gasteiger partial charge is 0.484 e. The fourth-order valence-electron chi connectivity index (χ4n) is 2.59. The van der Waals surface area contributed by atoms with E-state index in [4.69, 9.17) is 4.74 Å². The molecule has 0 aliphatic carbocycles. The molecule has 0 saturated heterocycles. The van der Waals surface area contributed by atoms with E-state index < -0.39 is 5.91 Å². The number of nitrogens with zero attached hydrogens (tertiary/aromatic N) is 2. The average molecular weight is 385 g/mol. The van der Waals surface area contributed by atoms with Crippen LogP contribution in [-0.2, 0) is 16.6 Å². The number of benzene rings is 1. The summed E-state index contributed by atoms with van der Waals surface area (Å²) in [5, 5.41) is 0.512. The van der Waals surface area contributed by atoms with Gasteiger partial charge in [-0.1, -0.05) is 39.8 Å². The smallest absolute Gasteiger partial charge is 0.280 e. The number of aromatic nitrogens is 2. The monoisotopic (exact) mass is 385 g/mol. The van der Waals surface area contributed by atoms with Crippen LogP contribution in [-0.4, -0.2) is 22.2 Å². The van der Waals surface area contributed by atoms with Crippen LogP contribution < -0.4 is 15.7 Å². The van der Waals surface area contributed by atoms with Gasteiger partial charge in [0, 0.05) is 4.88 Å². The summed E-state index contributed by atoms with van der Waals surface area (Å²) >= 11 is 1.49. The lowest BCUT2D eigenvalue weighted by molar-refractivity contribution is -0.119. The van der Waals surface area contributed by atoms with Crippen LogP contribution in [0.1, 0.15) is 38.1 Å². The zero-order valence-electron chi connectivity index (χ0n) is 15.9. The fraction of sp³-hybridized carbons (Fsp3) is 0.350. The van der Waals surface area contributed by atoms with Gasteiger partial charge in [-0.15, -0.1) is 11.3 Å². The number of amides is 1. The highest BCUT2D eigenvalue weighted by Crippen LogP contribution is 2.24. The van der Waals surface area contributed by atoms with Crippen LogP contribution in [0.4, 0.5) is 0 Å². The predicted octanol–water partition coefficient (Wildman–Crippen LogP) is 3.47. The van der Waals surface area contributed by atoms with Gasteiger partial charge in [0.25, 0.3) is 11.5 Å². The average Bonchev–Trinajstić information content (AvgIpc) is 3.06. The maximum Gasteiger partial charge on any atom is 0.280 e. The minimum absolute atomic E-state index is 0.0576. The molecule has 0 aliphatic heterocycles. The Morgan fingerprint density at radius 1 is 1.26 bits per heavy atom. The quantitative estimate of drug-likeness (QED) is 0.730. The molecule has 0 spiro atoms. The van der Waals surface area contributed by atoms with Gasteiger partial charge in [-0.05, 0) is 35.6 Å². The van der Waals surface area contributed by atoms with E-state index in [9.17, 15) is 9.59 Å². The van der Waals surface area contributed by atoms with Gasteiger partial charge in [0.2, 0.25) is 0 Å². The second-order valence-corrected chi connectivity index (χ2v) is 8.42. The van der Waals surface area contributed by atoms with Crippen molar-refractivity contribution in [1.29, 1.82) is 0 Å². The van der Waals surface area contributed by atoms with Crippen LogP contribution in [0.2, 0.25) is 0 Å². The van der Waals surface area contributed by atoms with Crippen molar-refractivity contribution in [2.75, 3.05) is 12.0 Å². The normalized spacial score (nSPS) is 11.6. The number of hydrogen-bond donors (Lipinski definition) is 1. The molecule has 142 valence electrons. The van der Waals surface area contributed by atoms with Gasteiger partial charge in [-0.3, -0.25) is 15.0 Å². The minimum Gasteiger partial charge on any atom is -0.484 e. The zero-order valence-corrected chi connectivity index (χ0v) is 16.7. The Hall–Kier alpha value is -2.67.